The zero-order chi connectivity index (χ0) is 14.4. The third-order valence-electron chi connectivity index (χ3n) is 5.34. The van der Waals surface area contributed by atoms with Gasteiger partial charge in [0.05, 0.1) is 5.39 Å². The SMILES string of the molecule is O=C1NC2(CCC3CC32)n2c1c1cc[nH]c(=O)c1cc2=O. The molecule has 2 N–H and O–H groups in total. The molecule has 6 nitrogen and oxygen atoms in total. The molecule has 1 amide bonds. The van der Waals surface area contributed by atoms with E-state index in [1.165, 1.54) is 12.3 Å². The van der Waals surface area contributed by atoms with Crippen molar-refractivity contribution in [3.8, 4) is 0 Å². The maximum absolute atomic E-state index is 12.6. The molecule has 0 radical (unpaired) electrons. The number of carbonyl (C=O) groups is 1. The van der Waals surface area contributed by atoms with Crippen molar-refractivity contribution in [2.75, 3.05) is 0 Å². The predicted molar refractivity (Wildman–Crippen MR) is 75.1 cm³/mol. The lowest BCUT2D eigenvalue weighted by Gasteiger charge is -2.28. The van der Waals surface area contributed by atoms with Gasteiger partial charge in [-0.1, -0.05) is 0 Å². The Hall–Kier alpha value is -2.37. The van der Waals surface area contributed by atoms with E-state index < -0.39 is 5.66 Å². The average Bonchev–Trinajstić information content (AvgIpc) is 3.09. The van der Waals surface area contributed by atoms with Crippen LogP contribution in [0.15, 0.2) is 27.9 Å². The van der Waals surface area contributed by atoms with Gasteiger partial charge < -0.3 is 10.3 Å². The second-order valence-electron chi connectivity index (χ2n) is 6.32. The number of rotatable bonds is 0. The minimum Gasteiger partial charge on any atom is -0.329 e. The Kier molecular flexibility index (Phi) is 1.76. The summed E-state index contributed by atoms with van der Waals surface area (Å²) in [6.45, 7) is 0. The van der Waals surface area contributed by atoms with Crippen LogP contribution >= 0.6 is 0 Å². The summed E-state index contributed by atoms with van der Waals surface area (Å²) in [6, 6.07) is 3.05. The normalized spacial score (nSPS) is 32.3. The molecule has 106 valence electrons. The van der Waals surface area contributed by atoms with Gasteiger partial charge in [0.2, 0.25) is 0 Å². The molecule has 1 aliphatic heterocycles. The summed E-state index contributed by atoms with van der Waals surface area (Å²) in [6.07, 6.45) is 4.43. The van der Waals surface area contributed by atoms with Crippen molar-refractivity contribution in [3.05, 3.63) is 44.7 Å². The van der Waals surface area contributed by atoms with Crippen molar-refractivity contribution < 1.29 is 4.79 Å². The molecular weight excluding hydrogens is 270 g/mol. The fourth-order valence-corrected chi connectivity index (χ4v) is 4.37. The number of amides is 1. The molecule has 1 spiro atoms. The highest BCUT2D eigenvalue weighted by atomic mass is 16.2. The van der Waals surface area contributed by atoms with Crippen LogP contribution in [0.4, 0.5) is 0 Å². The molecule has 5 rings (SSSR count). The third kappa shape index (κ3) is 1.17. The average molecular weight is 283 g/mol. The highest BCUT2D eigenvalue weighted by molar-refractivity contribution is 6.07. The zero-order valence-corrected chi connectivity index (χ0v) is 11.2. The monoisotopic (exact) mass is 283 g/mol. The fourth-order valence-electron chi connectivity index (χ4n) is 4.37. The molecule has 3 unspecified atom stereocenters. The number of nitrogens with zero attached hydrogens (tertiary/aromatic N) is 1. The van der Waals surface area contributed by atoms with Gasteiger partial charge in [-0.05, 0) is 31.2 Å². The first kappa shape index (κ1) is 11.3. The summed E-state index contributed by atoms with van der Waals surface area (Å²) in [5.74, 6) is 0.744. The Balaban J connectivity index is 1.94. The largest absolute Gasteiger partial charge is 0.329 e. The van der Waals surface area contributed by atoms with Gasteiger partial charge in [-0.2, -0.15) is 0 Å². The van der Waals surface area contributed by atoms with Crippen LogP contribution < -0.4 is 16.4 Å². The summed E-state index contributed by atoms with van der Waals surface area (Å²) in [5.41, 5.74) is -0.806. The van der Waals surface area contributed by atoms with E-state index in [0.29, 0.717) is 22.9 Å². The standard InChI is InChI=1S/C15H13N3O3/c19-11-6-9-8(2-4-16-13(9)20)12-14(21)17-15(18(11)12)3-1-7-5-10(7)15/h2,4,6-7,10H,1,3,5H2,(H,16,20)(H,17,21). The van der Waals surface area contributed by atoms with Gasteiger partial charge in [-0.3, -0.25) is 19.0 Å². The number of hydrogen-bond acceptors (Lipinski definition) is 3. The lowest BCUT2D eigenvalue weighted by atomic mass is 10.0. The topological polar surface area (TPSA) is 84.0 Å². The number of aromatic nitrogens is 2. The molecule has 2 aromatic heterocycles. The molecule has 21 heavy (non-hydrogen) atoms. The van der Waals surface area contributed by atoms with E-state index in [4.69, 9.17) is 0 Å². The Morgan fingerprint density at radius 2 is 2.10 bits per heavy atom. The summed E-state index contributed by atoms with van der Waals surface area (Å²) in [4.78, 5) is 39.5. The van der Waals surface area contributed by atoms with E-state index in [1.54, 1.807) is 10.6 Å². The van der Waals surface area contributed by atoms with Crippen LogP contribution in [0.25, 0.3) is 10.8 Å². The van der Waals surface area contributed by atoms with Crippen LogP contribution in [0, 0.1) is 11.8 Å². The lowest BCUT2D eigenvalue weighted by Crippen LogP contribution is -2.47. The van der Waals surface area contributed by atoms with E-state index in [9.17, 15) is 14.4 Å². The van der Waals surface area contributed by atoms with Crippen LogP contribution in [0.2, 0.25) is 0 Å². The second-order valence-corrected chi connectivity index (χ2v) is 6.32. The number of aromatic amines is 1. The number of carbonyl (C=O) groups excluding carboxylic acids is 1. The first-order valence-electron chi connectivity index (χ1n) is 7.22. The number of nitrogens with one attached hydrogen (secondary N) is 2. The van der Waals surface area contributed by atoms with Gasteiger partial charge >= 0.3 is 0 Å². The van der Waals surface area contributed by atoms with E-state index in [2.05, 4.69) is 10.3 Å². The van der Waals surface area contributed by atoms with E-state index in [1.807, 2.05) is 0 Å². The Morgan fingerprint density at radius 1 is 1.24 bits per heavy atom. The first-order valence-corrected chi connectivity index (χ1v) is 7.22. The van der Waals surface area contributed by atoms with Crippen molar-refractivity contribution in [3.63, 3.8) is 0 Å². The van der Waals surface area contributed by atoms with Crippen molar-refractivity contribution in [2.24, 2.45) is 11.8 Å². The Labute approximate surface area is 118 Å². The van der Waals surface area contributed by atoms with E-state index in [0.717, 1.165) is 19.3 Å². The number of fused-ring (bicyclic) bond motifs is 6. The summed E-state index contributed by atoms with van der Waals surface area (Å²) < 4.78 is 1.62. The van der Waals surface area contributed by atoms with Crippen molar-refractivity contribution in [1.29, 1.82) is 0 Å². The Morgan fingerprint density at radius 3 is 2.81 bits per heavy atom. The summed E-state index contributed by atoms with van der Waals surface area (Å²) in [7, 11) is 0. The van der Waals surface area contributed by atoms with Crippen molar-refractivity contribution in [1.82, 2.24) is 14.9 Å². The number of hydrogen-bond donors (Lipinski definition) is 2. The molecule has 2 saturated carbocycles. The van der Waals surface area contributed by atoms with Crippen LogP contribution in [-0.4, -0.2) is 15.5 Å². The smallest absolute Gasteiger partial charge is 0.270 e. The molecule has 0 aromatic carbocycles. The minimum atomic E-state index is -0.551. The van der Waals surface area contributed by atoms with Gasteiger partial charge in [-0.15, -0.1) is 0 Å². The van der Waals surface area contributed by atoms with Gasteiger partial charge in [0, 0.05) is 23.6 Å². The molecule has 0 saturated heterocycles. The molecular formula is C15H13N3O3. The van der Waals surface area contributed by atoms with E-state index >= 15 is 0 Å². The minimum absolute atomic E-state index is 0.240. The molecule has 0 bridgehead atoms. The van der Waals surface area contributed by atoms with Crippen molar-refractivity contribution in [2.45, 2.75) is 24.9 Å². The maximum atomic E-state index is 12.6. The van der Waals surface area contributed by atoms with Gasteiger partial charge in [0.25, 0.3) is 17.0 Å². The molecule has 6 heteroatoms. The van der Waals surface area contributed by atoms with Crippen LogP contribution in [0.5, 0.6) is 0 Å². The molecule has 3 aliphatic rings. The van der Waals surface area contributed by atoms with Crippen LogP contribution in [0.1, 0.15) is 29.8 Å². The van der Waals surface area contributed by atoms with Crippen molar-refractivity contribution >= 4 is 16.7 Å². The summed E-state index contributed by atoms with van der Waals surface area (Å²) >= 11 is 0. The molecule has 2 fully saturated rings. The van der Waals surface area contributed by atoms with Gasteiger partial charge in [0.15, 0.2) is 0 Å². The molecule has 3 heterocycles. The van der Waals surface area contributed by atoms with E-state index in [-0.39, 0.29) is 22.4 Å². The maximum Gasteiger partial charge on any atom is 0.270 e. The van der Waals surface area contributed by atoms with Crippen LogP contribution in [-0.2, 0) is 5.66 Å². The molecule has 3 atom stereocenters. The zero-order valence-electron chi connectivity index (χ0n) is 11.2. The fraction of sp³-hybridized carbons (Fsp3) is 0.400. The van der Waals surface area contributed by atoms with Gasteiger partial charge in [-0.25, -0.2) is 0 Å². The lowest BCUT2D eigenvalue weighted by molar-refractivity contribution is 0.0905. The van der Waals surface area contributed by atoms with Crippen LogP contribution in [0.3, 0.4) is 0 Å². The van der Waals surface area contributed by atoms with Gasteiger partial charge in [0.1, 0.15) is 11.4 Å². The highest BCUT2D eigenvalue weighted by Gasteiger charge is 2.63. The highest BCUT2D eigenvalue weighted by Crippen LogP contribution is 2.60. The first-order chi connectivity index (χ1) is 10.1. The summed E-state index contributed by atoms with van der Waals surface area (Å²) in [5, 5.41) is 3.89. The third-order valence-corrected chi connectivity index (χ3v) is 5.34. The predicted octanol–water partition coefficient (Wildman–Crippen LogP) is 0.516. The second kappa shape index (κ2) is 3.27. The quantitative estimate of drug-likeness (QED) is 0.739. The molecule has 2 aromatic rings. The number of pyridine rings is 2. The number of H-pyrrole nitrogens is 1. The Bertz CT molecular complexity index is 941. The molecule has 2 aliphatic carbocycles.